The summed E-state index contributed by atoms with van der Waals surface area (Å²) in [7, 11) is -2.87. The standard InChI is InChI=1S/C15H15Cl2NO3S/c16-13-3-1-10(7-14(13)17)15-4-2-12(21-15)8-18-11-5-6-22(19,20)9-11/h1-4,7,11,18H,5-6,8-9H2/t11-/m0/s1. The number of halogens is 2. The molecular weight excluding hydrogens is 345 g/mol. The minimum atomic E-state index is -2.87. The van der Waals surface area contributed by atoms with Crippen molar-refractivity contribution in [2.24, 2.45) is 0 Å². The number of furan rings is 1. The predicted octanol–water partition coefficient (Wildman–Crippen LogP) is 3.53. The van der Waals surface area contributed by atoms with Crippen molar-refractivity contribution in [3.8, 4) is 11.3 Å². The first-order valence-corrected chi connectivity index (χ1v) is 9.49. The van der Waals surface area contributed by atoms with Crippen LogP contribution in [0, 0.1) is 0 Å². The van der Waals surface area contributed by atoms with Crippen LogP contribution in [-0.2, 0) is 16.4 Å². The topological polar surface area (TPSA) is 59.3 Å². The summed E-state index contributed by atoms with van der Waals surface area (Å²) in [6.07, 6.45) is 0.655. The van der Waals surface area contributed by atoms with E-state index in [9.17, 15) is 8.42 Å². The highest BCUT2D eigenvalue weighted by atomic mass is 35.5. The molecule has 2 aromatic rings. The minimum Gasteiger partial charge on any atom is -0.460 e. The fourth-order valence-corrected chi connectivity index (χ4v) is 4.48. The summed E-state index contributed by atoms with van der Waals surface area (Å²) in [6.45, 7) is 0.501. The fourth-order valence-electron chi connectivity index (χ4n) is 2.48. The van der Waals surface area contributed by atoms with Gasteiger partial charge < -0.3 is 9.73 Å². The van der Waals surface area contributed by atoms with E-state index in [-0.39, 0.29) is 17.5 Å². The molecule has 0 aliphatic carbocycles. The van der Waals surface area contributed by atoms with E-state index in [1.54, 1.807) is 12.1 Å². The highest BCUT2D eigenvalue weighted by molar-refractivity contribution is 7.91. The Kier molecular flexibility index (Phi) is 4.50. The highest BCUT2D eigenvalue weighted by Gasteiger charge is 2.27. The molecule has 0 amide bonds. The number of hydrogen-bond donors (Lipinski definition) is 1. The fraction of sp³-hybridized carbons (Fsp3) is 0.333. The van der Waals surface area contributed by atoms with Crippen molar-refractivity contribution in [1.82, 2.24) is 5.32 Å². The summed E-state index contributed by atoms with van der Waals surface area (Å²) < 4.78 is 28.6. The van der Waals surface area contributed by atoms with Crippen LogP contribution in [0.4, 0.5) is 0 Å². The smallest absolute Gasteiger partial charge is 0.151 e. The van der Waals surface area contributed by atoms with Crippen molar-refractivity contribution in [3.63, 3.8) is 0 Å². The van der Waals surface area contributed by atoms with Crippen molar-refractivity contribution in [3.05, 3.63) is 46.1 Å². The lowest BCUT2D eigenvalue weighted by atomic mass is 10.2. The first-order valence-electron chi connectivity index (χ1n) is 6.91. The average Bonchev–Trinajstić information content (AvgIpc) is 3.06. The molecule has 1 N–H and O–H groups in total. The molecule has 0 radical (unpaired) electrons. The summed E-state index contributed by atoms with van der Waals surface area (Å²) in [4.78, 5) is 0. The number of sulfone groups is 1. The molecule has 118 valence electrons. The van der Waals surface area contributed by atoms with Crippen molar-refractivity contribution in [2.75, 3.05) is 11.5 Å². The van der Waals surface area contributed by atoms with Crippen LogP contribution in [0.1, 0.15) is 12.2 Å². The Morgan fingerprint density at radius 1 is 1.18 bits per heavy atom. The van der Waals surface area contributed by atoms with Gasteiger partial charge in [0.05, 0.1) is 28.1 Å². The Bertz CT molecular complexity index is 786. The van der Waals surface area contributed by atoms with Crippen molar-refractivity contribution in [2.45, 2.75) is 19.0 Å². The second-order valence-corrected chi connectivity index (χ2v) is 8.42. The van der Waals surface area contributed by atoms with Crippen LogP contribution in [0.3, 0.4) is 0 Å². The number of rotatable bonds is 4. The second kappa shape index (κ2) is 6.24. The summed E-state index contributed by atoms with van der Waals surface area (Å²) in [5.41, 5.74) is 0.851. The zero-order chi connectivity index (χ0) is 15.7. The van der Waals surface area contributed by atoms with Crippen LogP contribution in [0.15, 0.2) is 34.7 Å². The van der Waals surface area contributed by atoms with Gasteiger partial charge in [-0.05, 0) is 36.8 Å². The molecule has 2 heterocycles. The highest BCUT2D eigenvalue weighted by Crippen LogP contribution is 2.29. The van der Waals surface area contributed by atoms with Crippen molar-refractivity contribution in [1.29, 1.82) is 0 Å². The van der Waals surface area contributed by atoms with Gasteiger partial charge in [-0.1, -0.05) is 23.2 Å². The van der Waals surface area contributed by atoms with Crippen molar-refractivity contribution >= 4 is 33.0 Å². The summed E-state index contributed by atoms with van der Waals surface area (Å²) >= 11 is 11.9. The molecule has 1 aliphatic rings. The lowest BCUT2D eigenvalue weighted by molar-refractivity contribution is 0.464. The Morgan fingerprint density at radius 3 is 2.68 bits per heavy atom. The van der Waals surface area contributed by atoms with E-state index in [1.165, 1.54) is 0 Å². The molecule has 3 rings (SSSR count). The van der Waals surface area contributed by atoms with E-state index < -0.39 is 9.84 Å². The molecule has 1 aromatic heterocycles. The number of hydrogen-bond acceptors (Lipinski definition) is 4. The maximum Gasteiger partial charge on any atom is 0.151 e. The van der Waals surface area contributed by atoms with Gasteiger partial charge in [0, 0.05) is 11.6 Å². The van der Waals surface area contributed by atoms with Gasteiger partial charge in [-0.2, -0.15) is 0 Å². The Balaban J connectivity index is 1.65. The van der Waals surface area contributed by atoms with E-state index in [0.29, 0.717) is 28.8 Å². The van der Waals surface area contributed by atoms with Gasteiger partial charge in [0.1, 0.15) is 11.5 Å². The van der Waals surface area contributed by atoms with Gasteiger partial charge in [0.2, 0.25) is 0 Å². The molecule has 0 spiro atoms. The van der Waals surface area contributed by atoms with Crippen LogP contribution in [-0.4, -0.2) is 26.0 Å². The Labute approximate surface area is 139 Å². The molecule has 1 fully saturated rings. The largest absolute Gasteiger partial charge is 0.460 e. The summed E-state index contributed by atoms with van der Waals surface area (Å²) in [6, 6.07) is 9.06. The molecule has 7 heteroatoms. The Morgan fingerprint density at radius 2 is 2.00 bits per heavy atom. The van der Waals surface area contributed by atoms with Crippen molar-refractivity contribution < 1.29 is 12.8 Å². The van der Waals surface area contributed by atoms with E-state index in [4.69, 9.17) is 27.6 Å². The number of nitrogens with one attached hydrogen (secondary N) is 1. The summed E-state index contributed by atoms with van der Waals surface area (Å²) in [5, 5.41) is 4.20. The van der Waals surface area contributed by atoms with Gasteiger partial charge in [-0.3, -0.25) is 0 Å². The zero-order valence-corrected chi connectivity index (χ0v) is 14.0. The molecule has 1 aliphatic heterocycles. The van der Waals surface area contributed by atoms with Gasteiger partial charge >= 0.3 is 0 Å². The zero-order valence-electron chi connectivity index (χ0n) is 11.7. The van der Waals surface area contributed by atoms with E-state index >= 15 is 0 Å². The van der Waals surface area contributed by atoms with Crippen LogP contribution >= 0.6 is 23.2 Å². The summed E-state index contributed by atoms with van der Waals surface area (Å²) in [5.74, 6) is 1.92. The van der Waals surface area contributed by atoms with Crippen LogP contribution in [0.25, 0.3) is 11.3 Å². The third kappa shape index (κ3) is 3.66. The molecule has 0 unspecified atom stereocenters. The first kappa shape index (κ1) is 15.9. The third-order valence-electron chi connectivity index (χ3n) is 3.66. The van der Waals surface area contributed by atoms with E-state index in [0.717, 1.165) is 11.3 Å². The van der Waals surface area contributed by atoms with E-state index in [2.05, 4.69) is 5.32 Å². The molecular formula is C15H15Cl2NO3S. The SMILES string of the molecule is O=S1(=O)CC[C@H](NCc2ccc(-c3ccc(Cl)c(Cl)c3)o2)C1. The van der Waals surface area contributed by atoms with Crippen LogP contribution < -0.4 is 5.32 Å². The molecule has 1 saturated heterocycles. The quantitative estimate of drug-likeness (QED) is 0.906. The third-order valence-corrected chi connectivity index (χ3v) is 6.17. The van der Waals surface area contributed by atoms with Crippen LogP contribution in [0.2, 0.25) is 10.0 Å². The maximum absolute atomic E-state index is 11.4. The second-order valence-electron chi connectivity index (χ2n) is 5.38. The monoisotopic (exact) mass is 359 g/mol. The predicted molar refractivity (Wildman–Crippen MR) is 88.1 cm³/mol. The lowest BCUT2D eigenvalue weighted by Gasteiger charge is -2.08. The van der Waals surface area contributed by atoms with Gasteiger partial charge in [-0.25, -0.2) is 8.42 Å². The van der Waals surface area contributed by atoms with Crippen LogP contribution in [0.5, 0.6) is 0 Å². The van der Waals surface area contributed by atoms with Gasteiger partial charge in [0.25, 0.3) is 0 Å². The maximum atomic E-state index is 11.4. The molecule has 1 atom stereocenters. The minimum absolute atomic E-state index is 0.00327. The van der Waals surface area contributed by atoms with Gasteiger partial charge in [0.15, 0.2) is 9.84 Å². The lowest BCUT2D eigenvalue weighted by Crippen LogP contribution is -2.29. The Hall–Kier alpha value is -1.01. The molecule has 22 heavy (non-hydrogen) atoms. The number of benzene rings is 1. The molecule has 0 saturated carbocycles. The average molecular weight is 360 g/mol. The molecule has 0 bridgehead atoms. The van der Waals surface area contributed by atoms with E-state index in [1.807, 2.05) is 18.2 Å². The van der Waals surface area contributed by atoms with Gasteiger partial charge in [-0.15, -0.1) is 0 Å². The first-order chi connectivity index (χ1) is 10.4. The molecule has 4 nitrogen and oxygen atoms in total. The normalized spacial score (nSPS) is 20.4. The molecule has 1 aromatic carbocycles.